The third kappa shape index (κ3) is 3.22. The topological polar surface area (TPSA) is 98.0 Å². The minimum atomic E-state index is -1.73. The molecule has 22 heavy (non-hydrogen) atoms. The van der Waals surface area contributed by atoms with Crippen molar-refractivity contribution in [3.63, 3.8) is 0 Å². The molecule has 0 amide bonds. The Morgan fingerprint density at radius 1 is 1.05 bits per heavy atom. The molecule has 0 saturated heterocycles. The predicted octanol–water partition coefficient (Wildman–Crippen LogP) is 0.736. The van der Waals surface area contributed by atoms with Crippen LogP contribution < -0.4 is 0 Å². The van der Waals surface area contributed by atoms with Gasteiger partial charge in [0, 0.05) is 0 Å². The molecule has 5 heteroatoms. The quantitative estimate of drug-likeness (QED) is 0.581. The Morgan fingerprint density at radius 2 is 1.64 bits per heavy atom. The van der Waals surface area contributed by atoms with Gasteiger partial charge >= 0.3 is 0 Å². The van der Waals surface area contributed by atoms with Crippen molar-refractivity contribution in [2.75, 3.05) is 0 Å². The number of aliphatic hydroxyl groups is 4. The van der Waals surface area contributed by atoms with Crippen LogP contribution >= 0.6 is 0 Å². The SMILES string of the molecule is O=C[C@H](O)[C@@H](O)[C@H](O)C(O)(c1ccccc1)C1CCCCC1. The van der Waals surface area contributed by atoms with Crippen molar-refractivity contribution >= 4 is 6.29 Å². The zero-order chi connectivity index (χ0) is 16.2. The highest BCUT2D eigenvalue weighted by Crippen LogP contribution is 2.42. The van der Waals surface area contributed by atoms with Crippen LogP contribution in [0.15, 0.2) is 30.3 Å². The fourth-order valence-electron chi connectivity index (χ4n) is 3.42. The van der Waals surface area contributed by atoms with Crippen molar-refractivity contribution in [1.82, 2.24) is 0 Å². The van der Waals surface area contributed by atoms with E-state index in [1.54, 1.807) is 30.3 Å². The van der Waals surface area contributed by atoms with Gasteiger partial charge in [0.25, 0.3) is 0 Å². The van der Waals surface area contributed by atoms with Gasteiger partial charge in [0.2, 0.25) is 0 Å². The van der Waals surface area contributed by atoms with E-state index < -0.39 is 23.9 Å². The molecule has 0 aromatic heterocycles. The second-order valence-corrected chi connectivity index (χ2v) is 6.09. The maximum absolute atomic E-state index is 11.3. The molecule has 4 N–H and O–H groups in total. The third-order valence-corrected chi connectivity index (χ3v) is 4.73. The molecule has 1 aliphatic carbocycles. The van der Waals surface area contributed by atoms with Crippen molar-refractivity contribution in [2.45, 2.75) is 56.0 Å². The van der Waals surface area contributed by atoms with Crippen molar-refractivity contribution in [2.24, 2.45) is 5.92 Å². The number of hydrogen-bond donors (Lipinski definition) is 4. The molecule has 0 spiro atoms. The summed E-state index contributed by atoms with van der Waals surface area (Å²) in [7, 11) is 0. The van der Waals surface area contributed by atoms with Crippen LogP contribution in [0.25, 0.3) is 0 Å². The van der Waals surface area contributed by atoms with Gasteiger partial charge < -0.3 is 25.2 Å². The first kappa shape index (κ1) is 17.1. The monoisotopic (exact) mass is 308 g/mol. The van der Waals surface area contributed by atoms with Crippen LogP contribution in [0.2, 0.25) is 0 Å². The van der Waals surface area contributed by atoms with Crippen LogP contribution in [0.4, 0.5) is 0 Å². The highest BCUT2D eigenvalue weighted by atomic mass is 16.4. The smallest absolute Gasteiger partial charge is 0.151 e. The Hall–Kier alpha value is -1.27. The number of aliphatic hydroxyl groups excluding tert-OH is 3. The first-order valence-electron chi connectivity index (χ1n) is 7.79. The van der Waals surface area contributed by atoms with Gasteiger partial charge in [-0.05, 0) is 24.3 Å². The van der Waals surface area contributed by atoms with Crippen LogP contribution in [0.3, 0.4) is 0 Å². The number of aldehydes is 1. The average Bonchev–Trinajstić information content (AvgIpc) is 2.60. The molecule has 122 valence electrons. The summed E-state index contributed by atoms with van der Waals surface area (Å²) >= 11 is 0. The van der Waals surface area contributed by atoms with E-state index in [2.05, 4.69) is 0 Å². The molecule has 1 aliphatic rings. The van der Waals surface area contributed by atoms with E-state index in [-0.39, 0.29) is 12.2 Å². The van der Waals surface area contributed by atoms with Crippen LogP contribution in [0.5, 0.6) is 0 Å². The first-order valence-corrected chi connectivity index (χ1v) is 7.79. The summed E-state index contributed by atoms with van der Waals surface area (Å²) in [5, 5.41) is 41.3. The molecule has 1 fully saturated rings. The fraction of sp³-hybridized carbons (Fsp3) is 0.588. The van der Waals surface area contributed by atoms with E-state index in [4.69, 9.17) is 0 Å². The number of rotatable bonds is 6. The largest absolute Gasteiger partial charge is 0.387 e. The first-order chi connectivity index (χ1) is 10.5. The lowest BCUT2D eigenvalue weighted by Crippen LogP contribution is -2.55. The van der Waals surface area contributed by atoms with E-state index in [0.29, 0.717) is 5.56 Å². The third-order valence-electron chi connectivity index (χ3n) is 4.73. The molecule has 1 aromatic rings. The van der Waals surface area contributed by atoms with Gasteiger partial charge in [0.15, 0.2) is 6.29 Å². The predicted molar refractivity (Wildman–Crippen MR) is 81.0 cm³/mol. The van der Waals surface area contributed by atoms with Crippen molar-refractivity contribution < 1.29 is 25.2 Å². The van der Waals surface area contributed by atoms with Gasteiger partial charge in [-0.3, -0.25) is 0 Å². The van der Waals surface area contributed by atoms with E-state index in [0.717, 1.165) is 32.1 Å². The number of carbonyl (C=O) groups is 1. The maximum Gasteiger partial charge on any atom is 0.151 e. The Kier molecular flexibility index (Phi) is 5.69. The summed E-state index contributed by atoms with van der Waals surface area (Å²) in [5.74, 6) is -0.229. The molecule has 1 saturated carbocycles. The number of benzene rings is 1. The average molecular weight is 308 g/mol. The summed E-state index contributed by atoms with van der Waals surface area (Å²) in [6.07, 6.45) is -0.509. The van der Waals surface area contributed by atoms with Crippen LogP contribution in [-0.4, -0.2) is 45.0 Å². The van der Waals surface area contributed by atoms with Gasteiger partial charge in [0.1, 0.15) is 23.9 Å². The summed E-state index contributed by atoms with van der Waals surface area (Å²) in [6.45, 7) is 0. The second kappa shape index (κ2) is 7.33. The molecular formula is C17H24O5. The van der Waals surface area contributed by atoms with E-state index in [1.165, 1.54) is 0 Å². The fourth-order valence-corrected chi connectivity index (χ4v) is 3.42. The Bertz CT molecular complexity index is 471. The second-order valence-electron chi connectivity index (χ2n) is 6.09. The lowest BCUT2D eigenvalue weighted by atomic mass is 9.69. The highest BCUT2D eigenvalue weighted by molar-refractivity contribution is 5.56. The molecule has 0 heterocycles. The van der Waals surface area contributed by atoms with Crippen molar-refractivity contribution in [1.29, 1.82) is 0 Å². The summed E-state index contributed by atoms with van der Waals surface area (Å²) in [6, 6.07) is 8.68. The molecule has 5 nitrogen and oxygen atoms in total. The molecule has 0 radical (unpaired) electrons. The number of carbonyl (C=O) groups excluding carboxylic acids is 1. The summed E-state index contributed by atoms with van der Waals surface area (Å²) < 4.78 is 0. The Morgan fingerprint density at radius 3 is 2.18 bits per heavy atom. The summed E-state index contributed by atoms with van der Waals surface area (Å²) in [4.78, 5) is 10.7. The molecule has 1 unspecified atom stereocenters. The standard InChI is InChI=1S/C17H24O5/c18-11-14(19)15(20)16(21)17(22,12-7-3-1-4-8-12)13-9-5-2-6-10-13/h1,3-4,7-8,11,13-16,19-22H,2,5-6,9-10H2/t14-,15+,16-,17?/m0/s1. The molecule has 1 aromatic carbocycles. The van der Waals surface area contributed by atoms with Crippen molar-refractivity contribution in [3.05, 3.63) is 35.9 Å². The van der Waals surface area contributed by atoms with E-state index >= 15 is 0 Å². The van der Waals surface area contributed by atoms with Crippen LogP contribution in [-0.2, 0) is 10.4 Å². The minimum Gasteiger partial charge on any atom is -0.387 e. The lowest BCUT2D eigenvalue weighted by Gasteiger charge is -2.44. The van der Waals surface area contributed by atoms with Gasteiger partial charge in [-0.2, -0.15) is 0 Å². The van der Waals surface area contributed by atoms with Gasteiger partial charge in [0.05, 0.1) is 0 Å². The van der Waals surface area contributed by atoms with Gasteiger partial charge in [-0.1, -0.05) is 49.6 Å². The van der Waals surface area contributed by atoms with E-state index in [9.17, 15) is 25.2 Å². The van der Waals surface area contributed by atoms with Crippen molar-refractivity contribution in [3.8, 4) is 0 Å². The Balaban J connectivity index is 2.38. The molecule has 4 atom stereocenters. The summed E-state index contributed by atoms with van der Waals surface area (Å²) in [5.41, 5.74) is -1.20. The van der Waals surface area contributed by atoms with Gasteiger partial charge in [-0.25, -0.2) is 0 Å². The number of hydrogen-bond acceptors (Lipinski definition) is 5. The normalized spacial score (nSPS) is 23.3. The van der Waals surface area contributed by atoms with Crippen LogP contribution in [0.1, 0.15) is 37.7 Å². The molecule has 0 aliphatic heterocycles. The lowest BCUT2D eigenvalue weighted by molar-refractivity contribution is -0.184. The van der Waals surface area contributed by atoms with E-state index in [1.807, 2.05) is 0 Å². The molecular weight excluding hydrogens is 284 g/mol. The molecule has 0 bridgehead atoms. The Labute approximate surface area is 130 Å². The molecule has 2 rings (SSSR count). The highest BCUT2D eigenvalue weighted by Gasteiger charge is 2.49. The van der Waals surface area contributed by atoms with Crippen LogP contribution in [0, 0.1) is 5.92 Å². The minimum absolute atomic E-state index is 0.167. The zero-order valence-electron chi connectivity index (χ0n) is 12.5. The maximum atomic E-state index is 11.3. The zero-order valence-corrected chi connectivity index (χ0v) is 12.5. The van der Waals surface area contributed by atoms with Gasteiger partial charge in [-0.15, -0.1) is 0 Å².